The molecule has 7 aliphatic rings. The fraction of sp³-hybridized carbons (Fsp3) is 0.0413. The van der Waals surface area contributed by atoms with Crippen LogP contribution in [0.3, 0.4) is 0 Å². The van der Waals surface area contributed by atoms with Gasteiger partial charge in [0.25, 0.3) is 0 Å². The molecule has 0 saturated heterocycles. The Morgan fingerprint density at radius 2 is 0.516 bits per heavy atom. The molecule has 1 fully saturated rings. The van der Waals surface area contributed by atoms with Gasteiger partial charge in [0.2, 0.25) is 0 Å². The molecule has 128 heavy (non-hydrogen) atoms. The molecule has 5 atom stereocenters. The van der Waals surface area contributed by atoms with E-state index < -0.39 is 27.1 Å². The lowest BCUT2D eigenvalue weighted by molar-refractivity contribution is 0.492. The molecule has 0 bridgehead atoms. The average Bonchev–Trinajstić information content (AvgIpc) is 1.37. The summed E-state index contributed by atoms with van der Waals surface area (Å²) >= 11 is 0. The van der Waals surface area contributed by atoms with E-state index in [0.717, 1.165) is 78.6 Å². The lowest BCUT2D eigenvalue weighted by Gasteiger charge is -2.40. The second-order valence-corrected chi connectivity index (χ2v) is 36.6. The van der Waals surface area contributed by atoms with E-state index in [-0.39, 0.29) is 0 Å². The third-order valence-corrected chi connectivity index (χ3v) is 32.1. The van der Waals surface area contributed by atoms with Gasteiger partial charge in [-0.25, -0.2) is 0 Å². The van der Waals surface area contributed by atoms with Crippen molar-refractivity contribution in [2.45, 2.75) is 27.1 Å². The predicted octanol–water partition coefficient (Wildman–Crippen LogP) is 28.3. The van der Waals surface area contributed by atoms with Crippen molar-refractivity contribution in [1.29, 1.82) is 0 Å². The van der Waals surface area contributed by atoms with Gasteiger partial charge >= 0.3 is 0 Å². The Morgan fingerprint density at radius 3 is 0.992 bits per heavy atom. The molecule has 1 saturated carbocycles. The zero-order valence-electron chi connectivity index (χ0n) is 68.8. The molecule has 0 N–H and O–H groups in total. The number of hydrogen-bond acceptors (Lipinski definition) is 4. The average molecular weight is 1620 g/mol. The third kappa shape index (κ3) is 7.12. The number of rotatable bonds is 8. The molecule has 7 aromatic heterocycles. The Labute approximate surface area is 732 Å². The highest BCUT2D eigenvalue weighted by Crippen LogP contribution is 2.95. The van der Waals surface area contributed by atoms with Crippen molar-refractivity contribution < 1.29 is 0 Å². The van der Waals surface area contributed by atoms with Gasteiger partial charge in [-0.1, -0.05) is 291 Å². The first kappa shape index (κ1) is 67.1. The van der Waals surface area contributed by atoms with Crippen molar-refractivity contribution in [1.82, 2.24) is 33.6 Å². The van der Waals surface area contributed by atoms with Gasteiger partial charge in [-0.2, -0.15) is 0 Å². The van der Waals surface area contributed by atoms with Crippen molar-refractivity contribution in [2.24, 2.45) is 0 Å². The fourth-order valence-electron chi connectivity index (χ4n) is 28.3. The maximum atomic E-state index is 5.66. The maximum absolute atomic E-state index is 5.66. The summed E-state index contributed by atoms with van der Waals surface area (Å²) in [5, 5.41) is 22.8. The van der Waals surface area contributed by atoms with Crippen LogP contribution in [0.15, 0.2) is 407 Å². The highest BCUT2D eigenvalue weighted by Gasteiger charge is 2.96. The number of hydrogen-bond donors (Lipinski definition) is 0. The van der Waals surface area contributed by atoms with Crippen molar-refractivity contribution in [2.75, 3.05) is 0 Å². The number of aromatic nitrogens is 7. The first-order chi connectivity index (χ1) is 63.6. The Morgan fingerprint density at radius 1 is 0.180 bits per heavy atom. The van der Waals surface area contributed by atoms with Crippen molar-refractivity contribution in [3.63, 3.8) is 0 Å². The van der Waals surface area contributed by atoms with Crippen LogP contribution in [0.4, 0.5) is 0 Å². The van der Waals surface area contributed by atoms with Crippen LogP contribution in [0, 0.1) is 0 Å². The summed E-state index contributed by atoms with van der Waals surface area (Å²) < 4.78 is 7.68. The fourth-order valence-corrected chi connectivity index (χ4v) is 28.3. The second-order valence-electron chi connectivity index (χ2n) is 36.6. The van der Waals surface area contributed by atoms with Crippen LogP contribution in [0.25, 0.3) is 203 Å². The topological polar surface area (TPSA) is 66.3 Å². The zero-order valence-corrected chi connectivity index (χ0v) is 68.8. The molecule has 5 unspecified atom stereocenters. The summed E-state index contributed by atoms with van der Waals surface area (Å²) in [6, 6.07) is 146. The minimum Gasteiger partial charge on any atom is -0.309 e. The van der Waals surface area contributed by atoms with Gasteiger partial charge in [0.05, 0.1) is 94.3 Å². The van der Waals surface area contributed by atoms with Gasteiger partial charge in [-0.15, -0.1) is 0 Å². The van der Waals surface area contributed by atoms with Crippen LogP contribution in [0.1, 0.15) is 66.8 Å². The summed E-state index contributed by atoms with van der Waals surface area (Å²) in [5.74, 6) is 0. The van der Waals surface area contributed by atoms with E-state index in [1.54, 1.807) is 0 Å². The molecule has 18 aromatic carbocycles. The first-order valence-electron chi connectivity index (χ1n) is 44.7. The molecule has 25 aromatic rings. The lowest BCUT2D eigenvalue weighted by atomic mass is 9.59. The monoisotopic (exact) mass is 1620 g/mol. The van der Waals surface area contributed by atoms with Crippen molar-refractivity contribution >= 4 is 130 Å². The second kappa shape index (κ2) is 22.9. The van der Waals surface area contributed by atoms with E-state index >= 15 is 0 Å². The number of nitrogens with zero attached hydrogens (tertiary/aromatic N) is 7. The summed E-state index contributed by atoms with van der Waals surface area (Å²) in [6.45, 7) is 0. The largest absolute Gasteiger partial charge is 0.309 e. The van der Waals surface area contributed by atoms with E-state index in [2.05, 4.69) is 384 Å². The predicted molar refractivity (Wildman–Crippen MR) is 521 cm³/mol. The van der Waals surface area contributed by atoms with Gasteiger partial charge in [-0.3, -0.25) is 19.9 Å². The van der Waals surface area contributed by atoms with Crippen molar-refractivity contribution in [3.8, 4) is 73.2 Å². The molecular weight excluding hydrogens is 1550 g/mol. The van der Waals surface area contributed by atoms with Crippen LogP contribution in [0.5, 0.6) is 0 Å². The van der Waals surface area contributed by atoms with Gasteiger partial charge < -0.3 is 13.7 Å². The van der Waals surface area contributed by atoms with Gasteiger partial charge in [-0.05, 0) is 217 Å². The maximum Gasteiger partial charge on any atom is 0.0789 e. The molecule has 3 spiro atoms. The lowest BCUT2D eigenvalue weighted by Crippen LogP contribution is -2.42. The summed E-state index contributed by atoms with van der Waals surface area (Å²) in [4.78, 5) is 20.7. The summed E-state index contributed by atoms with van der Waals surface area (Å²) in [6.07, 6.45) is 7.92. The van der Waals surface area contributed by atoms with E-state index in [0.29, 0.717) is 0 Å². The molecule has 7 heterocycles. The van der Waals surface area contributed by atoms with E-state index in [4.69, 9.17) is 19.9 Å². The Bertz CT molecular complexity index is 9350. The van der Waals surface area contributed by atoms with Crippen LogP contribution in [-0.2, 0) is 27.1 Å². The zero-order chi connectivity index (χ0) is 82.7. The molecule has 0 radical (unpaired) electrons. The Kier molecular flexibility index (Phi) is 12.0. The van der Waals surface area contributed by atoms with Gasteiger partial charge in [0.1, 0.15) is 0 Å². The van der Waals surface area contributed by atoms with Crippen LogP contribution in [-0.4, -0.2) is 33.6 Å². The van der Waals surface area contributed by atoms with Gasteiger partial charge in [0.15, 0.2) is 0 Å². The molecule has 586 valence electrons. The number of fused-ring (bicyclic) bond motifs is 10. The van der Waals surface area contributed by atoms with Crippen LogP contribution < -0.4 is 0 Å². The number of pyridine rings is 4. The number of benzene rings is 18. The quantitative estimate of drug-likeness (QED) is 0.152. The summed E-state index contributed by atoms with van der Waals surface area (Å²) in [5.41, 5.74) is 35.0. The van der Waals surface area contributed by atoms with Crippen LogP contribution in [0.2, 0.25) is 0 Å². The first-order valence-corrected chi connectivity index (χ1v) is 44.7. The van der Waals surface area contributed by atoms with Crippen molar-refractivity contribution in [3.05, 3.63) is 474 Å². The molecule has 32 rings (SSSR count). The van der Waals surface area contributed by atoms with Gasteiger partial charge in [0, 0.05) is 101 Å². The molecular formula is C121H67N7. The standard InChI is InChI=1S/C121H67N7/c1-2-23-69(24-3-1)126-102-44-7-4-25-75(102)81-49-50-82-76-26-5-8-45-103(76)128(116(82)115(81)126)106-62-59-91-113-85(106)33-20-37-88(113)117-86-35-16-29-77-71(98-41-10-13-64-122-98)51-55-89(109(77)86)118(91,117)90-56-52-74(78-30-17-36-87(117)110(78)90)101-61-48-68(67-125-101)70-28-22-47-107-108(70)83-27-6-9-46-104(83)127(107)105-63-60-97-114-84(105)34-21-40-94(114)120-95-57-53-72(99-42-11-14-65-123-99)79-31-18-38-92(111(79)95)119(120)93-39-19-32-80-73(100-43-12-15-66-124-100)54-58-96(112(80)93)121(97,119)120/h1-67H. The third-order valence-electron chi connectivity index (χ3n) is 32.1. The Balaban J connectivity index is 0.567. The molecule has 7 aliphatic carbocycles. The minimum absolute atomic E-state index is 0.417. The smallest absolute Gasteiger partial charge is 0.0789 e. The molecule has 7 heteroatoms. The van der Waals surface area contributed by atoms with E-state index in [1.807, 2.05) is 36.8 Å². The van der Waals surface area contributed by atoms with Crippen LogP contribution >= 0.6 is 0 Å². The summed E-state index contributed by atoms with van der Waals surface area (Å²) in [7, 11) is 0. The van der Waals surface area contributed by atoms with E-state index in [1.165, 1.54) is 191 Å². The highest BCUT2D eigenvalue weighted by atomic mass is 15.1. The molecule has 7 nitrogen and oxygen atoms in total. The Hall–Kier alpha value is -16.5. The minimum atomic E-state index is -0.673. The normalized spacial score (nSPS) is 19.2. The highest BCUT2D eigenvalue weighted by molar-refractivity contribution is 6.27. The molecule has 0 amide bonds. The molecule has 0 aliphatic heterocycles. The number of para-hydroxylation sites is 4. The SMILES string of the molecule is c1ccc(-n2c3ccccc3c3ccc4c5ccccc5n(-c5ccc6c7c(cccc57)C57c8cccc9c(-c%10ccccn%10)ccc(c89)C65c5ccc(-c6ccc(-c8cccc9c8c8ccccc8n9-c8ccc9c%10c(cccc8%10)C8%10c%11ccc(-c%12ccccn%12)c%12cccc(c%11%12)C8%11c8cccc%12c(-c%13ccccn%13)ccc(c8%12)C9%11%10)cn6)c6cccc7c56)c4c32)cc1. The van der Waals surface area contributed by atoms with E-state index in [9.17, 15) is 0 Å².